The number of hydrogen-bond donors (Lipinski definition) is 1. The third-order valence-corrected chi connectivity index (χ3v) is 3.07. The second kappa shape index (κ2) is 3.86. The van der Waals surface area contributed by atoms with E-state index in [0.717, 1.165) is 22.0 Å². The Bertz CT molecular complexity index is 571. The number of thiazole rings is 1. The SMILES string of the molecule is c1ccc(-c2csc(-c3cn[nH]n3)n2)cc1. The van der Waals surface area contributed by atoms with Crippen molar-refractivity contribution < 1.29 is 0 Å². The fraction of sp³-hybridized carbons (Fsp3) is 0. The standard InChI is InChI=1S/C11H8N4S/c1-2-4-8(5-3-1)10-7-16-11(13-10)9-6-12-15-14-9/h1-7H,(H,12,14,15). The predicted molar refractivity (Wildman–Crippen MR) is 62.9 cm³/mol. The monoisotopic (exact) mass is 228 g/mol. The summed E-state index contributed by atoms with van der Waals surface area (Å²) in [5, 5.41) is 13.3. The van der Waals surface area contributed by atoms with E-state index in [1.807, 2.05) is 35.7 Å². The van der Waals surface area contributed by atoms with Crippen LogP contribution in [-0.4, -0.2) is 20.4 Å². The number of hydrogen-bond acceptors (Lipinski definition) is 4. The minimum atomic E-state index is 0.784. The highest BCUT2D eigenvalue weighted by Gasteiger charge is 2.07. The van der Waals surface area contributed by atoms with Crippen LogP contribution >= 0.6 is 11.3 Å². The minimum Gasteiger partial charge on any atom is -0.234 e. The van der Waals surface area contributed by atoms with Crippen molar-refractivity contribution in [2.24, 2.45) is 0 Å². The van der Waals surface area contributed by atoms with Gasteiger partial charge < -0.3 is 0 Å². The van der Waals surface area contributed by atoms with Gasteiger partial charge in [0.2, 0.25) is 0 Å². The van der Waals surface area contributed by atoms with E-state index in [-0.39, 0.29) is 0 Å². The number of nitrogens with zero attached hydrogens (tertiary/aromatic N) is 3. The number of benzene rings is 1. The number of H-pyrrole nitrogens is 1. The molecule has 0 saturated carbocycles. The summed E-state index contributed by atoms with van der Waals surface area (Å²) in [5.41, 5.74) is 2.88. The van der Waals surface area contributed by atoms with Crippen LogP contribution < -0.4 is 0 Å². The second-order valence-corrected chi connectivity index (χ2v) is 4.12. The Kier molecular flexibility index (Phi) is 2.23. The van der Waals surface area contributed by atoms with Crippen molar-refractivity contribution in [3.63, 3.8) is 0 Å². The van der Waals surface area contributed by atoms with Crippen LogP contribution in [0.1, 0.15) is 0 Å². The predicted octanol–water partition coefficient (Wildman–Crippen LogP) is 2.60. The summed E-state index contributed by atoms with van der Waals surface area (Å²) in [5.74, 6) is 0. The minimum absolute atomic E-state index is 0.784. The summed E-state index contributed by atoms with van der Waals surface area (Å²) in [6.45, 7) is 0. The smallest absolute Gasteiger partial charge is 0.146 e. The summed E-state index contributed by atoms with van der Waals surface area (Å²) < 4.78 is 0. The summed E-state index contributed by atoms with van der Waals surface area (Å²) in [7, 11) is 0. The lowest BCUT2D eigenvalue weighted by Gasteiger charge is -1.93. The van der Waals surface area contributed by atoms with Gasteiger partial charge in [-0.25, -0.2) is 4.98 Å². The van der Waals surface area contributed by atoms with Gasteiger partial charge in [-0.1, -0.05) is 30.3 Å². The number of aromatic amines is 1. The zero-order chi connectivity index (χ0) is 10.8. The van der Waals surface area contributed by atoms with E-state index in [9.17, 15) is 0 Å². The Morgan fingerprint density at radius 2 is 1.94 bits per heavy atom. The van der Waals surface area contributed by atoms with Crippen LogP contribution in [0.3, 0.4) is 0 Å². The average molecular weight is 228 g/mol. The zero-order valence-corrected chi connectivity index (χ0v) is 9.11. The maximum atomic E-state index is 4.52. The molecule has 0 saturated heterocycles. The molecule has 0 fully saturated rings. The van der Waals surface area contributed by atoms with Crippen LogP contribution in [0.2, 0.25) is 0 Å². The normalized spacial score (nSPS) is 10.5. The van der Waals surface area contributed by atoms with E-state index in [1.165, 1.54) is 0 Å². The molecule has 1 aromatic carbocycles. The topological polar surface area (TPSA) is 54.5 Å². The molecule has 4 nitrogen and oxygen atoms in total. The second-order valence-electron chi connectivity index (χ2n) is 3.26. The Hall–Kier alpha value is -2.01. The molecule has 3 aromatic rings. The maximum Gasteiger partial charge on any atom is 0.146 e. The molecule has 0 bridgehead atoms. The molecule has 1 N–H and O–H groups in total. The first-order valence-corrected chi connectivity index (χ1v) is 5.68. The molecule has 0 spiro atoms. The Labute approximate surface area is 96.0 Å². The third-order valence-electron chi connectivity index (χ3n) is 2.21. The lowest BCUT2D eigenvalue weighted by molar-refractivity contribution is 0.942. The van der Waals surface area contributed by atoms with Crippen molar-refractivity contribution in [1.82, 2.24) is 20.4 Å². The molecule has 0 aliphatic carbocycles. The van der Waals surface area contributed by atoms with Gasteiger partial charge in [-0.15, -0.1) is 11.3 Å². The highest BCUT2D eigenvalue weighted by molar-refractivity contribution is 7.13. The van der Waals surface area contributed by atoms with Crippen LogP contribution in [0.15, 0.2) is 41.9 Å². The van der Waals surface area contributed by atoms with E-state index in [2.05, 4.69) is 20.4 Å². The van der Waals surface area contributed by atoms with Crippen LogP contribution in [0.25, 0.3) is 22.0 Å². The van der Waals surface area contributed by atoms with Gasteiger partial charge in [0.05, 0.1) is 11.9 Å². The molecule has 16 heavy (non-hydrogen) atoms. The molecule has 78 valence electrons. The first-order chi connectivity index (χ1) is 7.93. The number of nitrogens with one attached hydrogen (secondary N) is 1. The van der Waals surface area contributed by atoms with Gasteiger partial charge >= 0.3 is 0 Å². The molecule has 0 aliphatic heterocycles. The fourth-order valence-electron chi connectivity index (χ4n) is 1.44. The van der Waals surface area contributed by atoms with Crippen molar-refractivity contribution in [1.29, 1.82) is 0 Å². The van der Waals surface area contributed by atoms with E-state index < -0.39 is 0 Å². The number of rotatable bonds is 2. The summed E-state index contributed by atoms with van der Waals surface area (Å²) in [6, 6.07) is 10.1. The van der Waals surface area contributed by atoms with Crippen LogP contribution in [0, 0.1) is 0 Å². The fourth-order valence-corrected chi connectivity index (χ4v) is 2.22. The van der Waals surface area contributed by atoms with Crippen molar-refractivity contribution >= 4 is 11.3 Å². The van der Waals surface area contributed by atoms with Gasteiger partial charge in [0.1, 0.15) is 10.7 Å². The molecular formula is C11H8N4S. The Balaban J connectivity index is 2.00. The maximum absolute atomic E-state index is 4.52. The third kappa shape index (κ3) is 1.61. The van der Waals surface area contributed by atoms with Crippen molar-refractivity contribution in [2.45, 2.75) is 0 Å². The van der Waals surface area contributed by atoms with E-state index in [0.29, 0.717) is 0 Å². The van der Waals surface area contributed by atoms with Crippen LogP contribution in [0.5, 0.6) is 0 Å². The molecule has 0 atom stereocenters. The first-order valence-electron chi connectivity index (χ1n) is 4.80. The molecule has 5 heteroatoms. The first kappa shape index (κ1) is 9.23. The molecule has 0 amide bonds. The molecule has 0 unspecified atom stereocenters. The van der Waals surface area contributed by atoms with Crippen molar-refractivity contribution in [3.8, 4) is 22.0 Å². The average Bonchev–Trinajstić information content (AvgIpc) is 3.01. The molecule has 3 rings (SSSR count). The van der Waals surface area contributed by atoms with Crippen LogP contribution in [-0.2, 0) is 0 Å². The number of aromatic nitrogens is 4. The van der Waals surface area contributed by atoms with Gasteiger partial charge in [-0.2, -0.15) is 15.4 Å². The van der Waals surface area contributed by atoms with E-state index in [1.54, 1.807) is 17.5 Å². The zero-order valence-electron chi connectivity index (χ0n) is 8.29. The largest absolute Gasteiger partial charge is 0.234 e. The molecule has 0 aliphatic rings. The molecule has 2 heterocycles. The summed E-state index contributed by atoms with van der Waals surface area (Å²) in [4.78, 5) is 4.52. The van der Waals surface area contributed by atoms with Crippen molar-refractivity contribution in [2.75, 3.05) is 0 Å². The lowest BCUT2D eigenvalue weighted by Crippen LogP contribution is -1.79. The lowest BCUT2D eigenvalue weighted by atomic mass is 10.2. The Morgan fingerprint density at radius 1 is 1.06 bits per heavy atom. The van der Waals surface area contributed by atoms with Gasteiger partial charge in [-0.3, -0.25) is 0 Å². The van der Waals surface area contributed by atoms with E-state index in [4.69, 9.17) is 0 Å². The molecular weight excluding hydrogens is 220 g/mol. The van der Waals surface area contributed by atoms with E-state index >= 15 is 0 Å². The van der Waals surface area contributed by atoms with Gasteiger partial charge in [0, 0.05) is 10.9 Å². The molecule has 0 radical (unpaired) electrons. The Morgan fingerprint density at radius 3 is 2.69 bits per heavy atom. The van der Waals surface area contributed by atoms with Gasteiger partial charge in [0.25, 0.3) is 0 Å². The van der Waals surface area contributed by atoms with Crippen LogP contribution in [0.4, 0.5) is 0 Å². The van der Waals surface area contributed by atoms with Gasteiger partial charge in [-0.05, 0) is 0 Å². The quantitative estimate of drug-likeness (QED) is 0.733. The van der Waals surface area contributed by atoms with Gasteiger partial charge in [0.15, 0.2) is 0 Å². The highest BCUT2D eigenvalue weighted by Crippen LogP contribution is 2.26. The highest BCUT2D eigenvalue weighted by atomic mass is 32.1. The van der Waals surface area contributed by atoms with Crippen molar-refractivity contribution in [3.05, 3.63) is 41.9 Å². The summed E-state index contributed by atoms with van der Waals surface area (Å²) in [6.07, 6.45) is 1.67. The summed E-state index contributed by atoms with van der Waals surface area (Å²) >= 11 is 1.57. The molecule has 2 aromatic heterocycles.